The van der Waals surface area contributed by atoms with Gasteiger partial charge in [0.15, 0.2) is 0 Å². The number of hydrogen-bond donors (Lipinski definition) is 0. The van der Waals surface area contributed by atoms with E-state index in [0.29, 0.717) is 0 Å². The van der Waals surface area contributed by atoms with Crippen LogP contribution in [0.15, 0.2) is 122 Å². The van der Waals surface area contributed by atoms with E-state index in [1.54, 1.807) is 0 Å². The minimum Gasteiger partial charge on any atom is -0.261 e. The van der Waals surface area contributed by atoms with Crippen LogP contribution in [-0.4, -0.2) is 19.9 Å². The molecule has 0 saturated heterocycles. The highest BCUT2D eigenvalue weighted by molar-refractivity contribution is 5.86. The van der Waals surface area contributed by atoms with Crippen LogP contribution in [-0.2, 0) is 12.8 Å². The van der Waals surface area contributed by atoms with E-state index in [0.717, 1.165) is 35.6 Å². The summed E-state index contributed by atoms with van der Waals surface area (Å²) in [7, 11) is 0. The van der Waals surface area contributed by atoms with E-state index in [2.05, 4.69) is 84.9 Å². The highest BCUT2D eigenvalue weighted by atomic mass is 14.7. The smallest absolute Gasteiger partial charge is 0.0523 e. The third-order valence-corrected chi connectivity index (χ3v) is 6.91. The number of pyridine rings is 4. The molecule has 0 spiro atoms. The Kier molecular flexibility index (Phi) is 6.15. The average Bonchev–Trinajstić information content (AvgIpc) is 2.95. The summed E-state index contributed by atoms with van der Waals surface area (Å²) in [6.07, 6.45) is 9.10. The number of hydrogen-bond acceptors (Lipinski definition) is 4. The fourth-order valence-electron chi connectivity index (χ4n) is 5.22. The molecule has 174 valence electrons. The third-order valence-electron chi connectivity index (χ3n) is 6.91. The molecule has 4 aromatic heterocycles. The topological polar surface area (TPSA) is 51.6 Å². The fourth-order valence-corrected chi connectivity index (χ4v) is 5.22. The second kappa shape index (κ2) is 10.0. The van der Waals surface area contributed by atoms with Gasteiger partial charge in [0.1, 0.15) is 0 Å². The molecule has 2 unspecified atom stereocenters. The van der Waals surface area contributed by atoms with Gasteiger partial charge in [-0.3, -0.25) is 19.9 Å². The van der Waals surface area contributed by atoms with Gasteiger partial charge >= 0.3 is 0 Å². The van der Waals surface area contributed by atoms with Crippen molar-refractivity contribution in [3.8, 4) is 0 Å². The molecule has 0 aliphatic heterocycles. The first-order valence-electron chi connectivity index (χ1n) is 12.3. The van der Waals surface area contributed by atoms with E-state index in [-0.39, 0.29) is 11.8 Å². The zero-order valence-electron chi connectivity index (χ0n) is 19.9. The quantitative estimate of drug-likeness (QED) is 0.256. The summed E-state index contributed by atoms with van der Waals surface area (Å²) in [6.45, 7) is 0. The molecule has 36 heavy (non-hydrogen) atoms. The fraction of sp³-hybridized carbons (Fsp3) is 0.125. The van der Waals surface area contributed by atoms with Crippen molar-refractivity contribution in [2.45, 2.75) is 24.7 Å². The lowest BCUT2D eigenvalue weighted by atomic mass is 9.77. The van der Waals surface area contributed by atoms with Gasteiger partial charge in [-0.05, 0) is 60.0 Å². The Balaban J connectivity index is 1.58. The van der Waals surface area contributed by atoms with Crippen molar-refractivity contribution >= 4 is 21.5 Å². The van der Waals surface area contributed by atoms with Gasteiger partial charge in [-0.2, -0.15) is 0 Å². The van der Waals surface area contributed by atoms with Gasteiger partial charge in [0.25, 0.3) is 0 Å². The van der Waals surface area contributed by atoms with Crippen LogP contribution in [0.1, 0.15) is 34.6 Å². The Morgan fingerprint density at radius 2 is 0.861 bits per heavy atom. The molecule has 0 fully saturated rings. The Morgan fingerprint density at radius 3 is 1.31 bits per heavy atom. The number of fused-ring (bicyclic) bond motifs is 2. The van der Waals surface area contributed by atoms with Crippen LogP contribution in [0.5, 0.6) is 0 Å². The molecule has 4 heteroatoms. The van der Waals surface area contributed by atoms with E-state index in [1.807, 2.05) is 36.9 Å². The molecule has 0 radical (unpaired) electrons. The van der Waals surface area contributed by atoms with Gasteiger partial charge in [0.2, 0.25) is 0 Å². The monoisotopic (exact) mass is 466 g/mol. The Hall–Kier alpha value is -4.44. The van der Waals surface area contributed by atoms with Crippen molar-refractivity contribution in [2.24, 2.45) is 0 Å². The van der Waals surface area contributed by atoms with Crippen LogP contribution >= 0.6 is 0 Å². The molecule has 6 aromatic rings. The lowest BCUT2D eigenvalue weighted by molar-refractivity contribution is 0.507. The van der Waals surface area contributed by atoms with Crippen molar-refractivity contribution in [1.82, 2.24) is 19.9 Å². The van der Waals surface area contributed by atoms with Gasteiger partial charge in [-0.15, -0.1) is 0 Å². The van der Waals surface area contributed by atoms with Gasteiger partial charge in [-0.25, -0.2) is 0 Å². The normalized spacial score (nSPS) is 13.0. The SMILES string of the molecule is c1ccc(CC(c2nccc3ccccc23)C(Cc2ccccn2)c2nccc3ccccc23)nc1. The van der Waals surface area contributed by atoms with E-state index >= 15 is 0 Å². The molecular weight excluding hydrogens is 440 g/mol. The summed E-state index contributed by atoms with van der Waals surface area (Å²) in [6, 6.07) is 33.4. The zero-order chi connectivity index (χ0) is 24.2. The number of aromatic nitrogens is 4. The van der Waals surface area contributed by atoms with Gasteiger partial charge in [0.05, 0.1) is 11.4 Å². The molecule has 4 heterocycles. The minimum absolute atomic E-state index is 0.0475. The van der Waals surface area contributed by atoms with Crippen molar-refractivity contribution in [3.63, 3.8) is 0 Å². The van der Waals surface area contributed by atoms with Gasteiger partial charge in [0, 0.05) is 58.8 Å². The first kappa shape index (κ1) is 22.1. The predicted octanol–water partition coefficient (Wildman–Crippen LogP) is 6.93. The van der Waals surface area contributed by atoms with Crippen LogP contribution in [0.4, 0.5) is 0 Å². The van der Waals surface area contributed by atoms with E-state index in [9.17, 15) is 0 Å². The predicted molar refractivity (Wildman–Crippen MR) is 145 cm³/mol. The zero-order valence-corrected chi connectivity index (χ0v) is 19.9. The van der Waals surface area contributed by atoms with Gasteiger partial charge < -0.3 is 0 Å². The Bertz CT molecular complexity index is 1470. The molecule has 0 aliphatic rings. The molecule has 6 rings (SSSR count). The number of nitrogens with zero attached hydrogens (tertiary/aromatic N) is 4. The summed E-state index contributed by atoms with van der Waals surface area (Å²) in [4.78, 5) is 19.4. The first-order chi connectivity index (χ1) is 17.9. The lowest BCUT2D eigenvalue weighted by Gasteiger charge is -2.28. The second-order valence-electron chi connectivity index (χ2n) is 9.10. The Labute approximate surface area is 210 Å². The molecule has 0 N–H and O–H groups in total. The molecule has 0 saturated carbocycles. The van der Waals surface area contributed by atoms with Crippen LogP contribution in [0.25, 0.3) is 21.5 Å². The Morgan fingerprint density at radius 1 is 0.417 bits per heavy atom. The summed E-state index contributed by atoms with van der Waals surface area (Å²) in [5, 5.41) is 4.73. The average molecular weight is 467 g/mol. The summed E-state index contributed by atoms with van der Waals surface area (Å²) in [5.41, 5.74) is 4.25. The van der Waals surface area contributed by atoms with Crippen LogP contribution < -0.4 is 0 Å². The van der Waals surface area contributed by atoms with Crippen molar-refractivity contribution in [3.05, 3.63) is 145 Å². The van der Waals surface area contributed by atoms with Crippen molar-refractivity contribution in [2.75, 3.05) is 0 Å². The standard InChI is InChI=1S/C32H26N4/c1-3-13-27-23(9-1)15-19-35-31(27)29(21-25-11-5-7-17-33-25)30(22-26-12-6-8-18-34-26)32-28-14-4-2-10-24(28)16-20-36-32/h1-20,29-30H,21-22H2. The summed E-state index contributed by atoms with van der Waals surface area (Å²) >= 11 is 0. The molecular formula is C32H26N4. The first-order valence-corrected chi connectivity index (χ1v) is 12.3. The van der Waals surface area contributed by atoms with Crippen molar-refractivity contribution < 1.29 is 0 Å². The molecule has 0 aliphatic carbocycles. The van der Waals surface area contributed by atoms with Crippen molar-refractivity contribution in [1.29, 1.82) is 0 Å². The van der Waals surface area contributed by atoms with E-state index in [4.69, 9.17) is 19.9 Å². The van der Waals surface area contributed by atoms with E-state index < -0.39 is 0 Å². The molecule has 4 nitrogen and oxygen atoms in total. The minimum atomic E-state index is 0.0475. The number of rotatable bonds is 7. The maximum absolute atomic E-state index is 5.00. The highest BCUT2D eigenvalue weighted by Crippen LogP contribution is 2.41. The maximum Gasteiger partial charge on any atom is 0.0523 e. The van der Waals surface area contributed by atoms with Crippen LogP contribution in [0, 0.1) is 0 Å². The largest absolute Gasteiger partial charge is 0.261 e. The molecule has 0 amide bonds. The summed E-state index contributed by atoms with van der Waals surface area (Å²) < 4.78 is 0. The second-order valence-corrected chi connectivity index (χ2v) is 9.10. The van der Waals surface area contributed by atoms with Crippen LogP contribution in [0.3, 0.4) is 0 Å². The van der Waals surface area contributed by atoms with E-state index in [1.165, 1.54) is 21.5 Å². The van der Waals surface area contributed by atoms with Crippen LogP contribution in [0.2, 0.25) is 0 Å². The molecule has 2 atom stereocenters. The van der Waals surface area contributed by atoms with Gasteiger partial charge in [-0.1, -0.05) is 60.7 Å². The highest BCUT2D eigenvalue weighted by Gasteiger charge is 2.31. The maximum atomic E-state index is 5.00. The number of benzene rings is 2. The third kappa shape index (κ3) is 4.46. The summed E-state index contributed by atoms with van der Waals surface area (Å²) in [5.74, 6) is 0.0950. The molecule has 2 aromatic carbocycles. The lowest BCUT2D eigenvalue weighted by Crippen LogP contribution is -2.20. The molecule has 0 bridgehead atoms.